The Morgan fingerprint density at radius 2 is 1.92 bits per heavy atom. The van der Waals surface area contributed by atoms with E-state index < -0.39 is 0 Å². The molecule has 2 atom stereocenters. The first-order valence-electron chi connectivity index (χ1n) is 9.70. The lowest BCUT2D eigenvalue weighted by Gasteiger charge is -2.35. The molecule has 2 aliphatic rings. The average molecular weight is 390 g/mol. The number of aromatic nitrogens is 2. The van der Waals surface area contributed by atoms with Gasteiger partial charge in [0.25, 0.3) is 0 Å². The van der Waals surface area contributed by atoms with Crippen molar-refractivity contribution in [3.63, 3.8) is 0 Å². The Morgan fingerprint density at radius 3 is 2.69 bits per heavy atom. The monoisotopic (exact) mass is 389 g/mol. The summed E-state index contributed by atoms with van der Waals surface area (Å²) in [6.45, 7) is 8.25. The summed E-state index contributed by atoms with van der Waals surface area (Å²) in [6, 6.07) is 0. The van der Waals surface area contributed by atoms with Crippen LogP contribution >= 0.6 is 23.1 Å². The summed E-state index contributed by atoms with van der Waals surface area (Å²) >= 11 is 3.44. The van der Waals surface area contributed by atoms with Crippen molar-refractivity contribution in [1.82, 2.24) is 14.9 Å². The van der Waals surface area contributed by atoms with Crippen molar-refractivity contribution in [3.05, 3.63) is 16.3 Å². The van der Waals surface area contributed by atoms with Gasteiger partial charge in [-0.3, -0.25) is 4.79 Å². The normalized spacial score (nSPS) is 23.3. The smallest absolute Gasteiger partial charge is 0.233 e. The summed E-state index contributed by atoms with van der Waals surface area (Å²) in [5.41, 5.74) is 1.45. The first-order valence-corrected chi connectivity index (χ1v) is 11.5. The van der Waals surface area contributed by atoms with E-state index in [0.29, 0.717) is 17.6 Å². The van der Waals surface area contributed by atoms with E-state index in [2.05, 4.69) is 23.7 Å². The molecule has 0 saturated carbocycles. The fraction of sp³-hybridized carbons (Fsp3) is 0.650. The quantitative estimate of drug-likeness (QED) is 0.574. The van der Waals surface area contributed by atoms with Crippen molar-refractivity contribution >= 4 is 39.2 Å². The van der Waals surface area contributed by atoms with Gasteiger partial charge in [0.15, 0.2) is 0 Å². The number of piperidine rings is 1. The van der Waals surface area contributed by atoms with Crippen molar-refractivity contribution in [1.29, 1.82) is 0 Å². The van der Waals surface area contributed by atoms with Gasteiger partial charge in [-0.15, -0.1) is 11.3 Å². The van der Waals surface area contributed by atoms with Crippen molar-refractivity contribution in [3.8, 4) is 0 Å². The van der Waals surface area contributed by atoms with Gasteiger partial charge in [0.1, 0.15) is 15.7 Å². The predicted molar refractivity (Wildman–Crippen MR) is 109 cm³/mol. The number of thiophene rings is 1. The van der Waals surface area contributed by atoms with Crippen LogP contribution in [-0.2, 0) is 17.6 Å². The molecular weight excluding hydrogens is 362 g/mol. The molecule has 140 valence electrons. The van der Waals surface area contributed by atoms with Crippen LogP contribution in [0.1, 0.15) is 49.4 Å². The van der Waals surface area contributed by atoms with Crippen LogP contribution in [0, 0.1) is 18.8 Å². The van der Waals surface area contributed by atoms with E-state index in [1.165, 1.54) is 41.5 Å². The fourth-order valence-electron chi connectivity index (χ4n) is 4.42. The predicted octanol–water partition coefficient (Wildman–Crippen LogP) is 4.48. The van der Waals surface area contributed by atoms with Gasteiger partial charge >= 0.3 is 0 Å². The standard InChI is InChI=1S/C20H27N3OS2/c1-12-8-13(2)10-23(9-12)17(24)11-25-19-18-15-6-4-5-7-16(15)26-20(18)22-14(3)21-19/h12-13H,4-11H2,1-3H3/t12-,13-/m1/s1. The molecule has 0 N–H and O–H groups in total. The third-order valence-corrected chi connectivity index (χ3v) is 7.59. The van der Waals surface area contributed by atoms with Crippen LogP contribution in [0.25, 0.3) is 10.2 Å². The number of carbonyl (C=O) groups excluding carboxylic acids is 1. The van der Waals surface area contributed by atoms with Crippen LogP contribution in [0.4, 0.5) is 0 Å². The number of carbonyl (C=O) groups is 1. The molecule has 1 aliphatic carbocycles. The summed E-state index contributed by atoms with van der Waals surface area (Å²) in [5, 5.41) is 2.24. The molecule has 1 aliphatic heterocycles. The summed E-state index contributed by atoms with van der Waals surface area (Å²) < 4.78 is 0. The second-order valence-electron chi connectivity index (χ2n) is 8.00. The minimum atomic E-state index is 0.252. The van der Waals surface area contributed by atoms with Gasteiger partial charge in [0.05, 0.1) is 5.75 Å². The van der Waals surface area contributed by atoms with Crippen LogP contribution in [0.3, 0.4) is 0 Å². The summed E-state index contributed by atoms with van der Waals surface area (Å²) in [5.74, 6) is 2.75. The van der Waals surface area contributed by atoms with Crippen LogP contribution in [0.15, 0.2) is 5.03 Å². The Labute approximate surface area is 163 Å². The first kappa shape index (κ1) is 18.2. The Balaban J connectivity index is 1.55. The molecule has 4 rings (SSSR count). The Hall–Kier alpha value is -1.14. The molecule has 3 heterocycles. The number of amides is 1. The molecule has 2 aromatic rings. The van der Waals surface area contributed by atoms with E-state index in [0.717, 1.165) is 35.2 Å². The highest BCUT2D eigenvalue weighted by molar-refractivity contribution is 8.00. The molecule has 0 unspecified atom stereocenters. The highest BCUT2D eigenvalue weighted by Crippen LogP contribution is 2.39. The second-order valence-corrected chi connectivity index (χ2v) is 10.0. The zero-order valence-corrected chi connectivity index (χ0v) is 17.5. The lowest BCUT2D eigenvalue weighted by atomic mass is 9.92. The highest BCUT2D eigenvalue weighted by atomic mass is 32.2. The van der Waals surface area contributed by atoms with E-state index in [4.69, 9.17) is 4.98 Å². The van der Waals surface area contributed by atoms with E-state index in [1.54, 1.807) is 11.8 Å². The largest absolute Gasteiger partial charge is 0.341 e. The number of likely N-dealkylation sites (tertiary alicyclic amines) is 1. The van der Waals surface area contributed by atoms with Gasteiger partial charge in [-0.2, -0.15) is 0 Å². The van der Waals surface area contributed by atoms with Crippen LogP contribution in [0.5, 0.6) is 0 Å². The fourth-order valence-corrected chi connectivity index (χ4v) is 6.79. The number of nitrogens with zero attached hydrogens (tertiary/aromatic N) is 3. The first-order chi connectivity index (χ1) is 12.5. The lowest BCUT2D eigenvalue weighted by Crippen LogP contribution is -2.43. The molecule has 0 bridgehead atoms. The number of rotatable bonds is 3. The lowest BCUT2D eigenvalue weighted by molar-refractivity contribution is -0.130. The SMILES string of the molecule is Cc1nc(SCC(=O)N2C[C@H](C)C[C@@H](C)C2)c2c3c(sc2n1)CCCC3. The molecule has 26 heavy (non-hydrogen) atoms. The van der Waals surface area contributed by atoms with E-state index in [9.17, 15) is 4.79 Å². The van der Waals surface area contributed by atoms with Gasteiger partial charge in [-0.25, -0.2) is 9.97 Å². The van der Waals surface area contributed by atoms with Crippen molar-refractivity contribution in [2.24, 2.45) is 11.8 Å². The topological polar surface area (TPSA) is 46.1 Å². The minimum absolute atomic E-state index is 0.252. The van der Waals surface area contributed by atoms with Gasteiger partial charge < -0.3 is 4.90 Å². The molecular formula is C20H27N3OS2. The highest BCUT2D eigenvalue weighted by Gasteiger charge is 2.26. The van der Waals surface area contributed by atoms with Gasteiger partial charge in [0, 0.05) is 23.4 Å². The molecule has 2 aromatic heterocycles. The molecule has 0 aromatic carbocycles. The second kappa shape index (κ2) is 7.47. The van der Waals surface area contributed by atoms with Gasteiger partial charge in [-0.1, -0.05) is 25.6 Å². The van der Waals surface area contributed by atoms with E-state index in [-0.39, 0.29) is 5.91 Å². The number of aryl methyl sites for hydroxylation is 3. The third kappa shape index (κ3) is 3.63. The molecule has 0 spiro atoms. The Bertz CT molecular complexity index is 822. The zero-order chi connectivity index (χ0) is 18.3. The van der Waals surface area contributed by atoms with Crippen LogP contribution < -0.4 is 0 Å². The minimum Gasteiger partial charge on any atom is -0.341 e. The van der Waals surface area contributed by atoms with Crippen molar-refractivity contribution < 1.29 is 4.79 Å². The summed E-state index contributed by atoms with van der Waals surface area (Å²) in [4.78, 5) is 26.8. The zero-order valence-electron chi connectivity index (χ0n) is 15.9. The van der Waals surface area contributed by atoms with E-state index in [1.807, 2.05) is 18.3 Å². The van der Waals surface area contributed by atoms with E-state index >= 15 is 0 Å². The number of hydrogen-bond donors (Lipinski definition) is 0. The molecule has 0 radical (unpaired) electrons. The maximum atomic E-state index is 12.8. The van der Waals surface area contributed by atoms with Gasteiger partial charge in [0.2, 0.25) is 5.91 Å². The van der Waals surface area contributed by atoms with Gasteiger partial charge in [-0.05, 0) is 56.4 Å². The molecule has 4 nitrogen and oxygen atoms in total. The molecule has 1 amide bonds. The number of fused-ring (bicyclic) bond motifs is 3. The van der Waals surface area contributed by atoms with Crippen LogP contribution in [-0.4, -0.2) is 39.6 Å². The summed E-state index contributed by atoms with van der Waals surface area (Å²) in [6.07, 6.45) is 6.05. The summed E-state index contributed by atoms with van der Waals surface area (Å²) in [7, 11) is 0. The molecule has 6 heteroatoms. The molecule has 1 saturated heterocycles. The Kier molecular flexibility index (Phi) is 5.24. The van der Waals surface area contributed by atoms with Crippen LogP contribution in [0.2, 0.25) is 0 Å². The third-order valence-electron chi connectivity index (χ3n) is 5.45. The number of thioether (sulfide) groups is 1. The maximum absolute atomic E-state index is 12.8. The average Bonchev–Trinajstić information content (AvgIpc) is 2.96. The van der Waals surface area contributed by atoms with Crippen molar-refractivity contribution in [2.75, 3.05) is 18.8 Å². The maximum Gasteiger partial charge on any atom is 0.233 e. The molecule has 1 fully saturated rings. The Morgan fingerprint density at radius 1 is 1.19 bits per heavy atom. The number of hydrogen-bond acceptors (Lipinski definition) is 5. The van der Waals surface area contributed by atoms with Crippen molar-refractivity contribution in [2.45, 2.75) is 57.9 Å².